The first-order valence-corrected chi connectivity index (χ1v) is 22.6. The van der Waals surface area contributed by atoms with Crippen molar-refractivity contribution in [2.24, 2.45) is 5.73 Å². The highest BCUT2D eigenvalue weighted by Gasteiger charge is 2.22. The van der Waals surface area contributed by atoms with Crippen molar-refractivity contribution in [1.82, 2.24) is 0 Å². The number of ketones is 2. The number of aliphatic hydroxyl groups is 1. The topological polar surface area (TPSA) is 133 Å². The number of hydrogen-bond acceptors (Lipinski definition) is 8. The molecule has 0 aromatic rings. The molecule has 8 heteroatoms. The van der Waals surface area contributed by atoms with E-state index in [2.05, 4.69) is 13.8 Å². The first kappa shape index (κ1) is 51.2. The van der Waals surface area contributed by atoms with Gasteiger partial charge in [-0.3, -0.25) is 19.2 Å². The number of carbonyl (C=O) groups excluding carboxylic acids is 4. The van der Waals surface area contributed by atoms with E-state index in [-0.39, 0.29) is 43.6 Å². The van der Waals surface area contributed by atoms with Crippen molar-refractivity contribution in [3.8, 4) is 0 Å². The standard InChI is InChI=1S/C45H85NO7/c1-3-5-7-9-11-13-15-17-19-21-23-25-27-29-31-33-44(50)52-39-41(35-36-43(49)42(46)37-40(48)38-47)53-45(51)34-32-30-28-26-24-22-20-18-16-14-12-10-8-6-4-2/h41-42,47H,3-39,46H2,1-2H3. The van der Waals surface area contributed by atoms with Crippen LogP contribution in [0.4, 0.5) is 0 Å². The summed E-state index contributed by atoms with van der Waals surface area (Å²) in [7, 11) is 0. The fraction of sp³-hybridized carbons (Fsp3) is 0.911. The monoisotopic (exact) mass is 752 g/mol. The molecule has 0 aliphatic carbocycles. The SMILES string of the molecule is CCCCCCCCCCCCCCCCCC(=O)OCC(CCC(=O)C(N)CC(=O)CO)OC(=O)CCCCCCCCCCCCCCCCC. The van der Waals surface area contributed by atoms with Crippen molar-refractivity contribution >= 4 is 23.5 Å². The third-order valence-electron chi connectivity index (χ3n) is 10.4. The molecule has 0 spiro atoms. The van der Waals surface area contributed by atoms with E-state index < -0.39 is 24.5 Å². The van der Waals surface area contributed by atoms with Crippen molar-refractivity contribution in [2.45, 2.75) is 251 Å². The van der Waals surface area contributed by atoms with Gasteiger partial charge in [0.1, 0.15) is 25.1 Å². The summed E-state index contributed by atoms with van der Waals surface area (Å²) in [4.78, 5) is 49.2. The van der Waals surface area contributed by atoms with Crippen LogP contribution in [0.15, 0.2) is 0 Å². The Morgan fingerprint density at radius 2 is 0.830 bits per heavy atom. The second kappa shape index (κ2) is 39.9. The largest absolute Gasteiger partial charge is 0.462 e. The molecule has 0 rings (SSSR count). The number of aliphatic hydroxyl groups excluding tert-OH is 1. The lowest BCUT2D eigenvalue weighted by Gasteiger charge is -2.19. The molecule has 2 atom stereocenters. The van der Waals surface area contributed by atoms with Gasteiger partial charge in [-0.15, -0.1) is 0 Å². The Kier molecular flexibility index (Phi) is 38.5. The zero-order valence-corrected chi connectivity index (χ0v) is 34.8. The summed E-state index contributed by atoms with van der Waals surface area (Å²) in [6.07, 6.45) is 37.4. The van der Waals surface area contributed by atoms with Crippen LogP contribution < -0.4 is 5.73 Å². The van der Waals surface area contributed by atoms with Crippen LogP contribution in [-0.2, 0) is 28.7 Å². The van der Waals surface area contributed by atoms with Gasteiger partial charge in [-0.25, -0.2) is 0 Å². The van der Waals surface area contributed by atoms with Crippen LogP contribution in [0.25, 0.3) is 0 Å². The van der Waals surface area contributed by atoms with Gasteiger partial charge in [0.2, 0.25) is 0 Å². The molecule has 0 heterocycles. The Bertz CT molecular complexity index is 864. The molecule has 0 fully saturated rings. The van der Waals surface area contributed by atoms with E-state index in [0.29, 0.717) is 12.8 Å². The maximum absolute atomic E-state index is 12.7. The Balaban J connectivity index is 4.23. The Labute approximate surface area is 326 Å². The Hall–Kier alpha value is -1.80. The molecule has 0 aliphatic rings. The molecule has 0 saturated heterocycles. The lowest BCUT2D eigenvalue weighted by Crippen LogP contribution is -2.35. The molecule has 3 N–H and O–H groups in total. The van der Waals surface area contributed by atoms with Crippen LogP contribution >= 0.6 is 0 Å². The average molecular weight is 752 g/mol. The molecule has 8 nitrogen and oxygen atoms in total. The molecule has 0 aliphatic heterocycles. The van der Waals surface area contributed by atoms with E-state index >= 15 is 0 Å². The number of Topliss-reactive ketones (excluding diaryl/α,β-unsaturated/α-hetero) is 2. The molecule has 312 valence electrons. The van der Waals surface area contributed by atoms with Gasteiger partial charge in [0.25, 0.3) is 0 Å². The molecule has 0 amide bonds. The maximum Gasteiger partial charge on any atom is 0.306 e. The predicted molar refractivity (Wildman–Crippen MR) is 219 cm³/mol. The van der Waals surface area contributed by atoms with Gasteiger partial charge in [-0.05, 0) is 19.3 Å². The minimum atomic E-state index is -1.01. The minimum Gasteiger partial charge on any atom is -0.462 e. The van der Waals surface area contributed by atoms with Gasteiger partial charge < -0.3 is 20.3 Å². The second-order valence-corrected chi connectivity index (χ2v) is 15.7. The summed E-state index contributed by atoms with van der Waals surface area (Å²) in [6.45, 7) is 3.77. The van der Waals surface area contributed by atoms with Gasteiger partial charge in [0.15, 0.2) is 5.78 Å². The Morgan fingerprint density at radius 1 is 0.491 bits per heavy atom. The number of esters is 2. The molecule has 0 bridgehead atoms. The molecule has 0 aromatic carbocycles. The lowest BCUT2D eigenvalue weighted by atomic mass is 10.0. The van der Waals surface area contributed by atoms with Crippen LogP contribution in [0.5, 0.6) is 0 Å². The summed E-state index contributed by atoms with van der Waals surface area (Å²) in [5.74, 6) is -1.51. The first-order valence-electron chi connectivity index (χ1n) is 22.6. The van der Waals surface area contributed by atoms with Crippen molar-refractivity contribution in [1.29, 1.82) is 0 Å². The maximum atomic E-state index is 12.7. The van der Waals surface area contributed by atoms with Crippen LogP contribution in [0.1, 0.15) is 239 Å². The van der Waals surface area contributed by atoms with Crippen LogP contribution in [0, 0.1) is 0 Å². The van der Waals surface area contributed by atoms with E-state index in [4.69, 9.17) is 20.3 Å². The average Bonchev–Trinajstić information content (AvgIpc) is 3.15. The Morgan fingerprint density at radius 3 is 1.19 bits per heavy atom. The van der Waals surface area contributed by atoms with E-state index in [1.807, 2.05) is 0 Å². The van der Waals surface area contributed by atoms with Crippen molar-refractivity contribution < 1.29 is 33.8 Å². The first-order chi connectivity index (χ1) is 25.8. The number of hydrogen-bond donors (Lipinski definition) is 2. The van der Waals surface area contributed by atoms with Gasteiger partial charge in [-0.1, -0.05) is 194 Å². The summed E-state index contributed by atoms with van der Waals surface area (Å²) >= 11 is 0. The summed E-state index contributed by atoms with van der Waals surface area (Å²) in [5.41, 5.74) is 5.85. The molecule has 0 saturated carbocycles. The lowest BCUT2D eigenvalue weighted by molar-refractivity contribution is -0.160. The zero-order valence-electron chi connectivity index (χ0n) is 34.8. The van der Waals surface area contributed by atoms with Gasteiger partial charge >= 0.3 is 11.9 Å². The molecule has 0 radical (unpaired) electrons. The highest BCUT2D eigenvalue weighted by Crippen LogP contribution is 2.17. The number of ether oxygens (including phenoxy) is 2. The molecular formula is C45H85NO7. The number of nitrogens with two attached hydrogens (primary N) is 1. The highest BCUT2D eigenvalue weighted by atomic mass is 16.6. The number of unbranched alkanes of at least 4 members (excludes halogenated alkanes) is 28. The number of carbonyl (C=O) groups is 4. The normalized spacial score (nSPS) is 12.5. The highest BCUT2D eigenvalue weighted by molar-refractivity contribution is 5.90. The smallest absolute Gasteiger partial charge is 0.306 e. The quantitative estimate of drug-likeness (QED) is 0.0465. The van der Waals surface area contributed by atoms with E-state index in [1.165, 1.54) is 154 Å². The molecular weight excluding hydrogens is 666 g/mol. The van der Waals surface area contributed by atoms with E-state index in [1.54, 1.807) is 0 Å². The van der Waals surface area contributed by atoms with Gasteiger partial charge in [0.05, 0.1) is 6.04 Å². The minimum absolute atomic E-state index is 0.00657. The predicted octanol–water partition coefficient (Wildman–Crippen LogP) is 11.6. The third-order valence-corrected chi connectivity index (χ3v) is 10.4. The zero-order chi connectivity index (χ0) is 39.0. The fourth-order valence-electron chi connectivity index (χ4n) is 6.87. The molecule has 0 aromatic heterocycles. The molecule has 2 unspecified atom stereocenters. The van der Waals surface area contributed by atoms with Crippen molar-refractivity contribution in [3.63, 3.8) is 0 Å². The second-order valence-electron chi connectivity index (χ2n) is 15.7. The molecule has 53 heavy (non-hydrogen) atoms. The van der Waals surface area contributed by atoms with Crippen LogP contribution in [0.3, 0.4) is 0 Å². The number of rotatable bonds is 42. The summed E-state index contributed by atoms with van der Waals surface area (Å²) in [6, 6.07) is -1.01. The van der Waals surface area contributed by atoms with Gasteiger partial charge in [0, 0.05) is 25.7 Å². The van der Waals surface area contributed by atoms with E-state index in [9.17, 15) is 19.2 Å². The van der Waals surface area contributed by atoms with Gasteiger partial charge in [-0.2, -0.15) is 0 Å². The summed E-state index contributed by atoms with van der Waals surface area (Å²) in [5, 5.41) is 8.97. The summed E-state index contributed by atoms with van der Waals surface area (Å²) < 4.78 is 11.2. The van der Waals surface area contributed by atoms with E-state index in [0.717, 1.165) is 38.5 Å². The fourth-order valence-corrected chi connectivity index (χ4v) is 6.87. The van der Waals surface area contributed by atoms with Crippen molar-refractivity contribution in [3.05, 3.63) is 0 Å². The third kappa shape index (κ3) is 36.9. The van der Waals surface area contributed by atoms with Crippen molar-refractivity contribution in [2.75, 3.05) is 13.2 Å². The van der Waals surface area contributed by atoms with Crippen LogP contribution in [0.2, 0.25) is 0 Å². The van der Waals surface area contributed by atoms with Crippen LogP contribution in [-0.4, -0.2) is 54.0 Å².